The molecule has 5 heteroatoms. The maximum atomic E-state index is 9.15. The monoisotopic (exact) mass is 122 g/mol. The van der Waals surface area contributed by atoms with Gasteiger partial charge in [0.1, 0.15) is 9.91 Å². The van der Waals surface area contributed by atoms with Gasteiger partial charge in [-0.3, -0.25) is 0 Å². The Hall–Kier alpha value is 0.939. The van der Waals surface area contributed by atoms with Crippen LogP contribution in [0.3, 0.4) is 0 Å². The summed E-state index contributed by atoms with van der Waals surface area (Å²) in [5.41, 5.74) is 0. The molecule has 2 nitrogen and oxygen atoms in total. The number of hydrogen-bond acceptors (Lipinski definition) is 1. The van der Waals surface area contributed by atoms with Gasteiger partial charge in [0.25, 0.3) is 0 Å². The molecule has 0 aromatic carbocycles. The van der Waals surface area contributed by atoms with E-state index in [4.69, 9.17) is 9.46 Å². The van der Waals surface area contributed by atoms with Gasteiger partial charge in [-0.05, 0) is 0 Å². The Balaban J connectivity index is 0. The van der Waals surface area contributed by atoms with E-state index >= 15 is 0 Å². The Kier molecular flexibility index (Phi) is 9.22. The summed E-state index contributed by atoms with van der Waals surface area (Å²) in [5, 5.41) is 0. The highest BCUT2D eigenvalue weighted by molar-refractivity contribution is 7.66. The fraction of sp³-hybridized carbons (Fsp3) is 0. The molecular weight excluding hydrogens is 118 g/mol. The standard InChI is InChI=1S/Al.H3O2PSi.H/c;1-3(2)4;/h;3-4H,(H,1,2);. The molecule has 0 saturated heterocycles. The van der Waals surface area contributed by atoms with Crippen LogP contribution in [0.2, 0.25) is 0 Å². The summed E-state index contributed by atoms with van der Waals surface area (Å²) in [6.07, 6.45) is 0. The highest BCUT2D eigenvalue weighted by Gasteiger charge is 1.61. The first-order valence-corrected chi connectivity index (χ1v) is 3.88. The molecule has 0 saturated carbocycles. The van der Waals surface area contributed by atoms with Crippen molar-refractivity contribution in [3.63, 3.8) is 0 Å². The van der Waals surface area contributed by atoms with E-state index in [-0.39, 0.29) is 17.4 Å². The molecule has 4 radical (unpaired) electrons. The molecule has 0 aliphatic heterocycles. The molecule has 0 aromatic rings. The van der Waals surface area contributed by atoms with Gasteiger partial charge in [-0.2, -0.15) is 0 Å². The molecule has 0 aromatic heterocycles. The highest BCUT2D eigenvalue weighted by Crippen LogP contribution is 1.97. The third-order valence-corrected chi connectivity index (χ3v) is 0. The molecular formula is H4AlO2PSi. The van der Waals surface area contributed by atoms with Gasteiger partial charge >= 0.3 is 0 Å². The zero-order chi connectivity index (χ0) is 3.58. The first-order chi connectivity index (χ1) is 1.73. The van der Waals surface area contributed by atoms with Gasteiger partial charge in [-0.25, -0.2) is 0 Å². The van der Waals surface area contributed by atoms with Crippen molar-refractivity contribution in [2.75, 3.05) is 0 Å². The van der Waals surface area contributed by atoms with E-state index in [0.717, 1.165) is 0 Å². The average Bonchev–Trinajstić information content (AvgIpc) is 0.811. The smallest absolute Gasteiger partial charge is 0.156 e. The lowest BCUT2D eigenvalue weighted by atomic mass is 15.9. The van der Waals surface area contributed by atoms with Crippen LogP contribution < -0.4 is 0 Å². The van der Waals surface area contributed by atoms with Crippen LogP contribution >= 0.6 is 7.58 Å². The Morgan fingerprint density at radius 1 is 1.80 bits per heavy atom. The Morgan fingerprint density at radius 3 is 1.80 bits per heavy atom. The summed E-state index contributed by atoms with van der Waals surface area (Å²) in [6, 6.07) is 0. The van der Waals surface area contributed by atoms with Crippen molar-refractivity contribution in [3.05, 3.63) is 0 Å². The second-order valence-corrected chi connectivity index (χ2v) is 2.50. The minimum absolute atomic E-state index is 0. The Labute approximate surface area is 44.9 Å². The predicted octanol–water partition coefficient (Wildman–Crippen LogP) is -1.38. The lowest BCUT2D eigenvalue weighted by Crippen LogP contribution is -1.40. The molecule has 0 spiro atoms. The first-order valence-electron chi connectivity index (χ1n) is 0.716. The largest absolute Gasteiger partial charge is 0.350 e. The third-order valence-electron chi connectivity index (χ3n) is 0. The molecule has 0 rings (SSSR count). The van der Waals surface area contributed by atoms with E-state index in [2.05, 4.69) is 0 Å². The van der Waals surface area contributed by atoms with Crippen LogP contribution in [0.15, 0.2) is 0 Å². The molecule has 0 aliphatic rings. The lowest BCUT2D eigenvalue weighted by molar-refractivity contribution is 0.518. The molecule has 0 fully saturated rings. The minimum Gasteiger partial charge on any atom is -0.350 e. The molecule has 0 heterocycles. The van der Waals surface area contributed by atoms with Crippen LogP contribution in [0.25, 0.3) is 0 Å². The summed E-state index contributed by atoms with van der Waals surface area (Å²) in [6.45, 7) is 0. The van der Waals surface area contributed by atoms with Gasteiger partial charge in [0.05, 0.1) is 17.4 Å². The van der Waals surface area contributed by atoms with Gasteiger partial charge in [-0.1, -0.05) is 0 Å². The van der Waals surface area contributed by atoms with E-state index in [1.165, 1.54) is 0 Å². The molecule has 28 valence electrons. The molecule has 0 bridgehead atoms. The van der Waals surface area contributed by atoms with Crippen molar-refractivity contribution in [1.82, 2.24) is 0 Å². The van der Waals surface area contributed by atoms with Crippen LogP contribution in [-0.2, 0) is 4.57 Å². The topological polar surface area (TPSA) is 37.3 Å². The van der Waals surface area contributed by atoms with E-state index < -0.39 is 7.58 Å². The SMILES string of the molecule is O=[PH](O)[SiH].[AlH]. The van der Waals surface area contributed by atoms with Crippen LogP contribution in [0.1, 0.15) is 0 Å². The summed E-state index contributed by atoms with van der Waals surface area (Å²) in [4.78, 5) is 7.56. The molecule has 0 aliphatic carbocycles. The van der Waals surface area contributed by atoms with Crippen molar-refractivity contribution in [2.24, 2.45) is 0 Å². The molecule has 1 N–H and O–H groups in total. The predicted molar refractivity (Wildman–Crippen MR) is 25.5 cm³/mol. The van der Waals surface area contributed by atoms with Crippen molar-refractivity contribution in [1.29, 1.82) is 0 Å². The van der Waals surface area contributed by atoms with Crippen molar-refractivity contribution in [3.8, 4) is 0 Å². The van der Waals surface area contributed by atoms with Crippen LogP contribution in [0.5, 0.6) is 0 Å². The van der Waals surface area contributed by atoms with Crippen molar-refractivity contribution >= 4 is 34.8 Å². The zero-order valence-electron chi connectivity index (χ0n) is 2.64. The van der Waals surface area contributed by atoms with Crippen LogP contribution in [0, 0.1) is 0 Å². The van der Waals surface area contributed by atoms with Crippen LogP contribution in [-0.4, -0.2) is 32.2 Å². The van der Waals surface area contributed by atoms with Gasteiger partial charge in [0.15, 0.2) is 7.58 Å². The minimum atomic E-state index is -2.21. The fourth-order valence-corrected chi connectivity index (χ4v) is 0. The van der Waals surface area contributed by atoms with Crippen molar-refractivity contribution in [2.45, 2.75) is 0 Å². The summed E-state index contributed by atoms with van der Waals surface area (Å²) in [5.74, 6) is 0. The molecule has 1 atom stereocenters. The second-order valence-electron chi connectivity index (χ2n) is 0.338. The molecule has 0 amide bonds. The second kappa shape index (κ2) is 4.94. The quantitative estimate of drug-likeness (QED) is 0.317. The van der Waals surface area contributed by atoms with Gasteiger partial charge in [0.2, 0.25) is 0 Å². The van der Waals surface area contributed by atoms with E-state index in [9.17, 15) is 0 Å². The normalized spacial score (nSPS) is 12.4. The maximum Gasteiger partial charge on any atom is 0.156 e. The molecule has 5 heavy (non-hydrogen) atoms. The maximum absolute atomic E-state index is 9.15. The van der Waals surface area contributed by atoms with E-state index in [1.54, 1.807) is 9.91 Å². The highest BCUT2D eigenvalue weighted by atomic mass is 31.4. The average molecular weight is 122 g/mol. The first kappa shape index (κ1) is 9.34. The summed E-state index contributed by atoms with van der Waals surface area (Å²) in [7, 11) is -0.454. The van der Waals surface area contributed by atoms with Crippen LogP contribution in [0.4, 0.5) is 0 Å². The number of rotatable bonds is 0. The fourth-order valence-electron chi connectivity index (χ4n) is 0. The lowest BCUT2D eigenvalue weighted by Gasteiger charge is -1.60. The number of hydrogen-bond donors (Lipinski definition) is 1. The molecule has 1 unspecified atom stereocenters. The van der Waals surface area contributed by atoms with Gasteiger partial charge in [-0.15, -0.1) is 0 Å². The Bertz CT molecular complexity index is 32.6. The van der Waals surface area contributed by atoms with E-state index in [1.807, 2.05) is 0 Å². The van der Waals surface area contributed by atoms with E-state index in [0.29, 0.717) is 0 Å². The third kappa shape index (κ3) is 48.4. The van der Waals surface area contributed by atoms with Crippen molar-refractivity contribution < 1.29 is 9.46 Å². The van der Waals surface area contributed by atoms with Gasteiger partial charge < -0.3 is 9.46 Å². The van der Waals surface area contributed by atoms with Gasteiger partial charge in [0, 0.05) is 0 Å². The summed E-state index contributed by atoms with van der Waals surface area (Å²) >= 11 is 0. The summed E-state index contributed by atoms with van der Waals surface area (Å²) < 4.78 is 9.15. The zero-order valence-corrected chi connectivity index (χ0v) is 6.21. The Morgan fingerprint density at radius 2 is 1.80 bits per heavy atom.